The Morgan fingerprint density at radius 1 is 1.25 bits per heavy atom. The third-order valence-corrected chi connectivity index (χ3v) is 3.05. The first kappa shape index (κ1) is 9.60. The van der Waals surface area contributed by atoms with Crippen LogP contribution in [0.15, 0.2) is 18.2 Å². The molecular weight excluding hydrogens is 205 g/mol. The van der Waals surface area contributed by atoms with E-state index in [4.69, 9.17) is 11.6 Å². The summed E-state index contributed by atoms with van der Waals surface area (Å²) in [5.41, 5.74) is -0.628. The minimum atomic E-state index is -4.26. The van der Waals surface area contributed by atoms with Gasteiger partial charge in [0.1, 0.15) is 0 Å². The van der Waals surface area contributed by atoms with E-state index in [-0.39, 0.29) is 0 Å². The smallest absolute Gasteiger partial charge is 0.166 e. The average Bonchev–Trinajstić information content (AvgIpc) is 1.92. The van der Waals surface area contributed by atoms with Crippen molar-refractivity contribution in [3.63, 3.8) is 0 Å². The number of benzene rings is 1. The maximum absolute atomic E-state index is 12.1. The maximum Gasteiger partial charge on any atom is 0.416 e. The Morgan fingerprint density at radius 2 is 1.83 bits per heavy atom. The van der Waals surface area contributed by atoms with E-state index >= 15 is 0 Å². The molecule has 0 N–H and O–H groups in total. The van der Waals surface area contributed by atoms with Crippen LogP contribution in [0.1, 0.15) is 5.56 Å². The highest BCUT2D eigenvalue weighted by molar-refractivity contribution is 6.45. The summed E-state index contributed by atoms with van der Waals surface area (Å²) in [6.45, 7) is 0. The molecule has 0 amide bonds. The van der Waals surface area contributed by atoms with Gasteiger partial charge in [0.25, 0.3) is 0 Å². The van der Waals surface area contributed by atoms with Crippen molar-refractivity contribution in [1.29, 1.82) is 0 Å². The zero-order valence-electron chi connectivity index (χ0n) is 6.24. The Bertz CT molecular complexity index is 295. The highest BCUT2D eigenvalue weighted by atomic mass is 35.5. The summed E-state index contributed by atoms with van der Waals surface area (Å²) in [6.07, 6.45) is -4.26. The van der Waals surface area contributed by atoms with E-state index in [2.05, 4.69) is 0 Å². The normalized spacial score (nSPS) is 12.0. The van der Waals surface area contributed by atoms with Crippen molar-refractivity contribution in [2.75, 3.05) is 0 Å². The molecule has 0 saturated heterocycles. The summed E-state index contributed by atoms with van der Waals surface area (Å²) < 4.78 is 36.2. The number of alkyl halides is 3. The summed E-state index contributed by atoms with van der Waals surface area (Å²) in [5, 5.41) is 0.987. The molecule has 0 bridgehead atoms. The van der Waals surface area contributed by atoms with Crippen LogP contribution >= 0.6 is 11.6 Å². The zero-order valence-corrected chi connectivity index (χ0v) is 9.00. The van der Waals surface area contributed by atoms with Gasteiger partial charge in [0, 0.05) is 15.3 Å². The van der Waals surface area contributed by atoms with Crippen LogP contribution < -0.4 is 5.19 Å². The number of halogens is 4. The summed E-state index contributed by atoms with van der Waals surface area (Å²) in [7, 11) is 0.526. The molecule has 0 aliphatic carbocycles. The SMILES string of the molecule is FC(F)(F)c1ccc(Cl)c([SiH3])c1. The van der Waals surface area contributed by atoms with E-state index in [0.29, 0.717) is 20.5 Å². The van der Waals surface area contributed by atoms with E-state index in [9.17, 15) is 13.2 Å². The Hall–Kier alpha value is -0.483. The molecule has 1 rings (SSSR count). The number of hydrogen-bond donors (Lipinski definition) is 0. The highest BCUT2D eigenvalue weighted by Gasteiger charge is 2.30. The van der Waals surface area contributed by atoms with Crippen molar-refractivity contribution in [3.8, 4) is 0 Å². The molecule has 0 aromatic heterocycles. The molecule has 66 valence electrons. The molecule has 0 radical (unpaired) electrons. The number of hydrogen-bond acceptors (Lipinski definition) is 0. The van der Waals surface area contributed by atoms with Gasteiger partial charge < -0.3 is 0 Å². The fourth-order valence-corrected chi connectivity index (χ4v) is 1.42. The predicted octanol–water partition coefficient (Wildman–Crippen LogP) is 1.35. The molecule has 0 aliphatic rings. The molecule has 0 fully saturated rings. The van der Waals surface area contributed by atoms with Gasteiger partial charge in [-0.3, -0.25) is 0 Å². The highest BCUT2D eigenvalue weighted by Crippen LogP contribution is 2.28. The lowest BCUT2D eigenvalue weighted by Crippen LogP contribution is -2.11. The molecule has 0 saturated carbocycles. The van der Waals surface area contributed by atoms with Gasteiger partial charge in [0.05, 0.1) is 5.56 Å². The quantitative estimate of drug-likeness (QED) is 0.567. The second-order valence-corrected chi connectivity index (χ2v) is 3.95. The van der Waals surface area contributed by atoms with Gasteiger partial charge in [-0.15, -0.1) is 0 Å². The Labute approximate surface area is 75.8 Å². The van der Waals surface area contributed by atoms with Gasteiger partial charge in [-0.25, -0.2) is 0 Å². The molecular formula is C7H6ClF3Si. The van der Waals surface area contributed by atoms with E-state index in [1.807, 2.05) is 0 Å². The van der Waals surface area contributed by atoms with Gasteiger partial charge in [-0.1, -0.05) is 22.9 Å². The van der Waals surface area contributed by atoms with Gasteiger partial charge in [-0.2, -0.15) is 13.2 Å². The van der Waals surface area contributed by atoms with Crippen LogP contribution in [-0.4, -0.2) is 10.2 Å². The van der Waals surface area contributed by atoms with Gasteiger partial charge in [-0.05, 0) is 12.1 Å². The minimum Gasteiger partial charge on any atom is -0.166 e. The molecule has 1 aromatic rings. The first-order valence-corrected chi connectivity index (χ1v) is 4.62. The van der Waals surface area contributed by atoms with Crippen LogP contribution in [0, 0.1) is 0 Å². The van der Waals surface area contributed by atoms with Crippen molar-refractivity contribution in [2.24, 2.45) is 0 Å². The van der Waals surface area contributed by atoms with Crippen LogP contribution in [-0.2, 0) is 6.18 Å². The Kier molecular flexibility index (Phi) is 2.48. The van der Waals surface area contributed by atoms with Crippen molar-refractivity contribution < 1.29 is 13.2 Å². The van der Waals surface area contributed by atoms with Crippen LogP contribution in [0.2, 0.25) is 5.02 Å². The fourth-order valence-electron chi connectivity index (χ4n) is 0.821. The van der Waals surface area contributed by atoms with Gasteiger partial charge in [0.2, 0.25) is 0 Å². The molecule has 0 nitrogen and oxygen atoms in total. The van der Waals surface area contributed by atoms with E-state index < -0.39 is 11.7 Å². The third kappa shape index (κ3) is 2.01. The molecule has 0 atom stereocenters. The minimum absolute atomic E-state index is 0.412. The molecule has 0 spiro atoms. The zero-order chi connectivity index (χ0) is 9.35. The largest absolute Gasteiger partial charge is 0.416 e. The van der Waals surface area contributed by atoms with E-state index in [1.54, 1.807) is 0 Å². The monoisotopic (exact) mass is 210 g/mol. The van der Waals surface area contributed by atoms with Crippen molar-refractivity contribution in [1.82, 2.24) is 0 Å². The van der Waals surface area contributed by atoms with Gasteiger partial charge >= 0.3 is 6.18 Å². The Morgan fingerprint density at radius 3 is 2.25 bits per heavy atom. The summed E-state index contributed by atoms with van der Waals surface area (Å²) >= 11 is 5.60. The second-order valence-electron chi connectivity index (χ2n) is 2.46. The lowest BCUT2D eigenvalue weighted by Gasteiger charge is -2.07. The molecule has 0 unspecified atom stereocenters. The lowest BCUT2D eigenvalue weighted by molar-refractivity contribution is -0.137. The molecule has 0 heterocycles. The van der Waals surface area contributed by atoms with Crippen LogP contribution in [0.5, 0.6) is 0 Å². The second kappa shape index (κ2) is 3.10. The topological polar surface area (TPSA) is 0 Å². The molecule has 1 aromatic carbocycles. The van der Waals surface area contributed by atoms with E-state index in [0.717, 1.165) is 12.1 Å². The van der Waals surface area contributed by atoms with E-state index in [1.165, 1.54) is 6.07 Å². The fraction of sp³-hybridized carbons (Fsp3) is 0.143. The maximum atomic E-state index is 12.1. The molecule has 0 aliphatic heterocycles. The van der Waals surface area contributed by atoms with Crippen LogP contribution in [0.4, 0.5) is 13.2 Å². The summed E-state index contributed by atoms with van der Waals surface area (Å²) in [6, 6.07) is 3.37. The summed E-state index contributed by atoms with van der Waals surface area (Å²) in [4.78, 5) is 0. The van der Waals surface area contributed by atoms with Crippen molar-refractivity contribution in [2.45, 2.75) is 6.18 Å². The van der Waals surface area contributed by atoms with Crippen molar-refractivity contribution in [3.05, 3.63) is 28.8 Å². The standard InChI is InChI=1S/C7H6ClF3Si/c8-5-2-1-4(3-6(5)12)7(9,10)11/h1-3H,12H3. The third-order valence-electron chi connectivity index (χ3n) is 1.49. The Balaban J connectivity index is 3.14. The predicted molar refractivity (Wildman–Crippen MR) is 46.0 cm³/mol. The van der Waals surface area contributed by atoms with Gasteiger partial charge in [0.15, 0.2) is 0 Å². The van der Waals surface area contributed by atoms with Crippen LogP contribution in [0.3, 0.4) is 0 Å². The van der Waals surface area contributed by atoms with Crippen LogP contribution in [0.25, 0.3) is 0 Å². The first-order valence-electron chi connectivity index (χ1n) is 3.24. The molecule has 5 heteroatoms. The first-order chi connectivity index (χ1) is 5.41. The lowest BCUT2D eigenvalue weighted by atomic mass is 10.2. The summed E-state index contributed by atoms with van der Waals surface area (Å²) in [5.74, 6) is 0. The number of rotatable bonds is 0. The molecule has 12 heavy (non-hydrogen) atoms. The average molecular weight is 211 g/mol. The van der Waals surface area contributed by atoms with Crippen molar-refractivity contribution >= 4 is 27.0 Å².